The van der Waals surface area contributed by atoms with Crippen molar-refractivity contribution in [3.63, 3.8) is 0 Å². The highest BCUT2D eigenvalue weighted by Crippen LogP contribution is 2.38. The van der Waals surface area contributed by atoms with Crippen LogP contribution >= 0.6 is 23.2 Å². The van der Waals surface area contributed by atoms with E-state index in [1.54, 1.807) is 55.5 Å². The maximum absolute atomic E-state index is 13.3. The van der Waals surface area contributed by atoms with E-state index in [9.17, 15) is 14.4 Å². The summed E-state index contributed by atoms with van der Waals surface area (Å²) in [4.78, 5) is 40.2. The first kappa shape index (κ1) is 26.1. The van der Waals surface area contributed by atoms with Gasteiger partial charge in [-0.1, -0.05) is 35.3 Å². The standard InChI is InChI=1S/C27H23Cl2N3O5/c1-14-5-7-16(25(33)31-20-12-17(28)8-6-15(20)2)11-19(14)30-24-23(29)26(34)32(27(24)35)21-10-9-18(36-3)13-22(21)37-4/h5-13,30H,1-4H3,(H,31,33). The van der Waals surface area contributed by atoms with E-state index in [-0.39, 0.29) is 28.1 Å². The molecule has 4 rings (SSSR count). The summed E-state index contributed by atoms with van der Waals surface area (Å²) in [7, 11) is 2.91. The molecule has 0 unspecified atom stereocenters. The fourth-order valence-corrected chi connectivity index (χ4v) is 4.14. The molecule has 3 aromatic carbocycles. The highest BCUT2D eigenvalue weighted by atomic mass is 35.5. The molecule has 1 aliphatic heterocycles. The van der Waals surface area contributed by atoms with Crippen LogP contribution in [-0.2, 0) is 9.59 Å². The second kappa shape index (κ2) is 10.5. The van der Waals surface area contributed by atoms with E-state index in [1.165, 1.54) is 20.3 Å². The summed E-state index contributed by atoms with van der Waals surface area (Å²) in [5.41, 5.74) is 3.03. The largest absolute Gasteiger partial charge is 0.497 e. The number of carbonyl (C=O) groups excluding carboxylic acids is 3. The molecule has 2 N–H and O–H groups in total. The van der Waals surface area contributed by atoms with Crippen molar-refractivity contribution in [3.8, 4) is 11.5 Å². The number of halogens is 2. The molecule has 0 radical (unpaired) electrons. The summed E-state index contributed by atoms with van der Waals surface area (Å²) in [5.74, 6) is -0.983. The van der Waals surface area contributed by atoms with Gasteiger partial charge in [0.25, 0.3) is 17.7 Å². The lowest BCUT2D eigenvalue weighted by atomic mass is 10.1. The monoisotopic (exact) mass is 539 g/mol. The number of anilines is 3. The average Bonchev–Trinajstić information content (AvgIpc) is 3.09. The Morgan fingerprint density at radius 3 is 2.24 bits per heavy atom. The molecule has 0 saturated carbocycles. The van der Waals surface area contributed by atoms with E-state index in [0.29, 0.717) is 27.7 Å². The lowest BCUT2D eigenvalue weighted by molar-refractivity contribution is -0.120. The van der Waals surface area contributed by atoms with Crippen molar-refractivity contribution in [2.75, 3.05) is 29.8 Å². The lowest BCUT2D eigenvalue weighted by Crippen LogP contribution is -2.32. The van der Waals surface area contributed by atoms with Crippen molar-refractivity contribution in [2.24, 2.45) is 0 Å². The minimum absolute atomic E-state index is 0.115. The van der Waals surface area contributed by atoms with E-state index >= 15 is 0 Å². The Labute approximate surface area is 223 Å². The van der Waals surface area contributed by atoms with Gasteiger partial charge in [-0.15, -0.1) is 0 Å². The first-order valence-corrected chi connectivity index (χ1v) is 11.9. The molecular weight excluding hydrogens is 517 g/mol. The Morgan fingerprint density at radius 2 is 1.54 bits per heavy atom. The summed E-state index contributed by atoms with van der Waals surface area (Å²) >= 11 is 12.4. The molecule has 8 nitrogen and oxygen atoms in total. The van der Waals surface area contributed by atoms with Crippen LogP contribution in [-0.4, -0.2) is 31.9 Å². The zero-order chi connectivity index (χ0) is 26.9. The molecule has 0 bridgehead atoms. The molecule has 0 spiro atoms. The zero-order valence-corrected chi connectivity index (χ0v) is 22.0. The van der Waals surface area contributed by atoms with E-state index in [1.807, 2.05) is 6.92 Å². The molecule has 0 atom stereocenters. The Balaban J connectivity index is 1.61. The van der Waals surface area contributed by atoms with Crippen LogP contribution in [0.15, 0.2) is 65.3 Å². The van der Waals surface area contributed by atoms with Crippen LogP contribution < -0.4 is 25.0 Å². The van der Waals surface area contributed by atoms with Gasteiger partial charge in [-0.3, -0.25) is 14.4 Å². The molecule has 3 aromatic rings. The van der Waals surface area contributed by atoms with Gasteiger partial charge in [0.05, 0.1) is 19.9 Å². The third-order valence-electron chi connectivity index (χ3n) is 5.86. The third kappa shape index (κ3) is 5.12. The highest BCUT2D eigenvalue weighted by Gasteiger charge is 2.40. The number of carbonyl (C=O) groups is 3. The minimum Gasteiger partial charge on any atom is -0.497 e. The van der Waals surface area contributed by atoms with Crippen LogP contribution in [0.2, 0.25) is 5.02 Å². The number of benzene rings is 3. The van der Waals surface area contributed by atoms with Crippen molar-refractivity contribution < 1.29 is 23.9 Å². The van der Waals surface area contributed by atoms with Gasteiger partial charge in [-0.05, 0) is 61.4 Å². The topological polar surface area (TPSA) is 97.0 Å². The van der Waals surface area contributed by atoms with E-state index in [2.05, 4.69) is 10.6 Å². The number of nitrogens with zero attached hydrogens (tertiary/aromatic N) is 1. The molecule has 1 heterocycles. The van der Waals surface area contributed by atoms with E-state index in [0.717, 1.165) is 16.0 Å². The minimum atomic E-state index is -0.708. The molecule has 0 fully saturated rings. The predicted molar refractivity (Wildman–Crippen MR) is 144 cm³/mol. The normalized spacial score (nSPS) is 13.2. The fraction of sp³-hybridized carbons (Fsp3) is 0.148. The van der Waals surface area contributed by atoms with Crippen LogP contribution in [0.1, 0.15) is 21.5 Å². The molecule has 0 aliphatic carbocycles. The number of rotatable bonds is 7. The predicted octanol–water partition coefficient (Wildman–Crippen LogP) is 5.66. The maximum atomic E-state index is 13.3. The number of hydrogen-bond donors (Lipinski definition) is 2. The summed E-state index contributed by atoms with van der Waals surface area (Å²) in [6.07, 6.45) is 0. The molecule has 190 valence electrons. The van der Waals surface area contributed by atoms with Gasteiger partial charge >= 0.3 is 0 Å². The summed E-state index contributed by atoms with van der Waals surface area (Å²) in [6, 6.07) is 14.9. The van der Waals surface area contributed by atoms with Gasteiger partial charge in [0.15, 0.2) is 0 Å². The summed E-state index contributed by atoms with van der Waals surface area (Å²) in [6.45, 7) is 3.65. The van der Waals surface area contributed by atoms with Crippen LogP contribution in [0.3, 0.4) is 0 Å². The number of hydrogen-bond acceptors (Lipinski definition) is 6. The van der Waals surface area contributed by atoms with Gasteiger partial charge < -0.3 is 20.1 Å². The van der Waals surface area contributed by atoms with Crippen molar-refractivity contribution in [3.05, 3.63) is 87.0 Å². The quantitative estimate of drug-likeness (QED) is 0.376. The highest BCUT2D eigenvalue weighted by molar-refractivity contribution is 6.53. The van der Waals surface area contributed by atoms with Crippen LogP contribution in [0, 0.1) is 13.8 Å². The number of aryl methyl sites for hydroxylation is 2. The second-order valence-corrected chi connectivity index (χ2v) is 9.05. The summed E-state index contributed by atoms with van der Waals surface area (Å²) in [5, 5.41) is 6.00. The van der Waals surface area contributed by atoms with Crippen molar-refractivity contribution in [1.29, 1.82) is 0 Å². The van der Waals surface area contributed by atoms with Crippen molar-refractivity contribution in [2.45, 2.75) is 13.8 Å². The molecule has 0 aromatic heterocycles. The first-order valence-electron chi connectivity index (χ1n) is 11.1. The van der Waals surface area contributed by atoms with Crippen LogP contribution in [0.25, 0.3) is 0 Å². The number of nitrogens with one attached hydrogen (secondary N) is 2. The number of amides is 3. The number of ether oxygens (including phenoxy) is 2. The maximum Gasteiger partial charge on any atom is 0.283 e. The van der Waals surface area contributed by atoms with Gasteiger partial charge in [0, 0.05) is 28.0 Å². The number of methoxy groups -OCH3 is 2. The Bertz CT molecular complexity index is 1470. The van der Waals surface area contributed by atoms with Gasteiger partial charge in [0.1, 0.15) is 22.2 Å². The van der Waals surface area contributed by atoms with Crippen molar-refractivity contribution >= 4 is 58.0 Å². The van der Waals surface area contributed by atoms with E-state index in [4.69, 9.17) is 32.7 Å². The molecular formula is C27H23Cl2N3O5. The Kier molecular flexibility index (Phi) is 7.42. The van der Waals surface area contributed by atoms with E-state index < -0.39 is 11.8 Å². The SMILES string of the molecule is COc1ccc(N2C(=O)C(Cl)=C(Nc3cc(C(=O)Nc4cc(Cl)ccc4C)ccc3C)C2=O)c(OC)c1. The average molecular weight is 540 g/mol. The van der Waals surface area contributed by atoms with Crippen LogP contribution in [0.5, 0.6) is 11.5 Å². The zero-order valence-electron chi connectivity index (χ0n) is 20.4. The summed E-state index contributed by atoms with van der Waals surface area (Å²) < 4.78 is 10.5. The second-order valence-electron chi connectivity index (χ2n) is 8.24. The van der Waals surface area contributed by atoms with Crippen molar-refractivity contribution in [1.82, 2.24) is 0 Å². The van der Waals surface area contributed by atoms with Gasteiger partial charge in [-0.2, -0.15) is 0 Å². The third-order valence-corrected chi connectivity index (χ3v) is 6.45. The fourth-order valence-electron chi connectivity index (χ4n) is 3.76. The molecule has 0 saturated heterocycles. The molecule has 37 heavy (non-hydrogen) atoms. The molecule has 1 aliphatic rings. The van der Waals surface area contributed by atoms with Gasteiger partial charge in [-0.25, -0.2) is 4.90 Å². The Morgan fingerprint density at radius 1 is 0.838 bits per heavy atom. The first-order chi connectivity index (χ1) is 17.6. The smallest absolute Gasteiger partial charge is 0.283 e. The Hall–Kier alpha value is -4.01. The molecule has 3 amide bonds. The number of imide groups is 1. The molecule has 10 heteroatoms. The lowest BCUT2D eigenvalue weighted by Gasteiger charge is -2.19. The van der Waals surface area contributed by atoms with Gasteiger partial charge in [0.2, 0.25) is 0 Å². The van der Waals surface area contributed by atoms with Crippen LogP contribution in [0.4, 0.5) is 17.1 Å².